The van der Waals surface area contributed by atoms with Crippen molar-refractivity contribution in [1.82, 2.24) is 9.97 Å². The minimum atomic E-state index is 0.850. The molecule has 0 bridgehead atoms. The van der Waals surface area contributed by atoms with Crippen molar-refractivity contribution < 1.29 is 0 Å². The van der Waals surface area contributed by atoms with Crippen LogP contribution in [-0.2, 0) is 0 Å². The first-order chi connectivity index (χ1) is 5.38. The van der Waals surface area contributed by atoms with Crippen molar-refractivity contribution in [1.29, 1.82) is 0 Å². The maximum absolute atomic E-state index is 4.08. The fourth-order valence-electron chi connectivity index (χ4n) is 0.975. The van der Waals surface area contributed by atoms with Crippen molar-refractivity contribution in [3.8, 4) is 0 Å². The first-order valence-corrected chi connectivity index (χ1v) is 4.01. The summed E-state index contributed by atoms with van der Waals surface area (Å²) in [5, 5.41) is 2.21. The van der Waals surface area contributed by atoms with Crippen LogP contribution in [0, 0.1) is 0 Å². The van der Waals surface area contributed by atoms with Crippen molar-refractivity contribution in [3.05, 3.63) is 35.3 Å². The zero-order valence-corrected chi connectivity index (χ0v) is 7.25. The Morgan fingerprint density at radius 1 is 1.18 bits per heavy atom. The van der Waals surface area contributed by atoms with E-state index in [4.69, 9.17) is 0 Å². The lowest BCUT2D eigenvalue weighted by atomic mass is 10.2. The highest BCUT2D eigenvalue weighted by Crippen LogP contribution is 2.18. The zero-order valence-electron chi connectivity index (χ0n) is 5.66. The van der Waals surface area contributed by atoms with Crippen molar-refractivity contribution in [3.63, 3.8) is 0 Å². The molecule has 0 atom stereocenters. The van der Waals surface area contributed by atoms with Gasteiger partial charge in [-0.1, -0.05) is 0 Å². The normalized spacial score (nSPS) is 10.3. The molecule has 0 aliphatic carbocycles. The number of rotatable bonds is 0. The topological polar surface area (TPSA) is 25.8 Å². The average molecular weight is 209 g/mol. The van der Waals surface area contributed by atoms with Gasteiger partial charge >= 0.3 is 0 Å². The van der Waals surface area contributed by atoms with Crippen LogP contribution in [0.15, 0.2) is 35.3 Å². The van der Waals surface area contributed by atoms with Crippen LogP contribution in [0.2, 0.25) is 0 Å². The molecule has 3 heteroatoms. The molecule has 0 aliphatic heterocycles. The Kier molecular flexibility index (Phi) is 1.58. The van der Waals surface area contributed by atoms with Crippen LogP contribution >= 0.6 is 15.9 Å². The quantitative estimate of drug-likeness (QED) is 0.622. The van der Waals surface area contributed by atoms with Gasteiger partial charge in [0.15, 0.2) is 0 Å². The van der Waals surface area contributed by atoms with Gasteiger partial charge in [-0.2, -0.15) is 0 Å². The van der Waals surface area contributed by atoms with Gasteiger partial charge in [0.05, 0.1) is 0 Å². The molecule has 2 rings (SSSR count). The van der Waals surface area contributed by atoms with Gasteiger partial charge in [0.25, 0.3) is 0 Å². The molecule has 54 valence electrons. The molecule has 11 heavy (non-hydrogen) atoms. The van der Waals surface area contributed by atoms with E-state index in [0.717, 1.165) is 15.4 Å². The monoisotopic (exact) mass is 208 g/mol. The van der Waals surface area contributed by atoms with Gasteiger partial charge in [0.2, 0.25) is 0 Å². The van der Waals surface area contributed by atoms with Crippen LogP contribution in [0.5, 0.6) is 0 Å². The predicted octanol–water partition coefficient (Wildman–Crippen LogP) is 2.39. The molecule has 2 aromatic rings. The third-order valence-corrected chi connectivity index (χ3v) is 2.15. The van der Waals surface area contributed by atoms with Gasteiger partial charge in [-0.25, -0.2) is 4.98 Å². The molecule has 0 aliphatic rings. The Labute approximate surface area is 72.4 Å². The summed E-state index contributed by atoms with van der Waals surface area (Å²) in [4.78, 5) is 8.09. The van der Waals surface area contributed by atoms with Gasteiger partial charge in [0.1, 0.15) is 4.60 Å². The van der Waals surface area contributed by atoms with E-state index in [1.165, 1.54) is 0 Å². The number of aromatic nitrogens is 2. The van der Waals surface area contributed by atoms with Crippen LogP contribution in [0.1, 0.15) is 0 Å². The highest BCUT2D eigenvalue weighted by atomic mass is 79.9. The van der Waals surface area contributed by atoms with Crippen molar-refractivity contribution in [2.24, 2.45) is 0 Å². The summed E-state index contributed by atoms with van der Waals surface area (Å²) in [5.74, 6) is 0. The molecule has 0 amide bonds. The molecule has 0 spiro atoms. The van der Waals surface area contributed by atoms with Crippen molar-refractivity contribution >= 4 is 26.7 Å². The Balaban J connectivity index is 2.91. The summed E-state index contributed by atoms with van der Waals surface area (Å²) in [7, 11) is 0. The van der Waals surface area contributed by atoms with Gasteiger partial charge in [0, 0.05) is 24.0 Å². The lowest BCUT2D eigenvalue weighted by Gasteiger charge is -1.95. The third kappa shape index (κ3) is 1.12. The Morgan fingerprint density at radius 2 is 2.00 bits per heavy atom. The first-order valence-electron chi connectivity index (χ1n) is 3.22. The summed E-state index contributed by atoms with van der Waals surface area (Å²) < 4.78 is 0.850. The molecule has 2 heterocycles. The molecule has 2 aromatic heterocycles. The number of hydrogen-bond acceptors (Lipinski definition) is 2. The van der Waals surface area contributed by atoms with E-state index in [1.807, 2.05) is 12.1 Å². The molecule has 0 unspecified atom stereocenters. The summed E-state index contributed by atoms with van der Waals surface area (Å²) in [5.41, 5.74) is 0. The molecule has 0 fully saturated rings. The summed E-state index contributed by atoms with van der Waals surface area (Å²) in [6, 6.07) is 3.92. The molecular weight excluding hydrogens is 204 g/mol. The first kappa shape index (κ1) is 6.73. The van der Waals surface area contributed by atoms with Gasteiger partial charge in [-0.3, -0.25) is 4.98 Å². The molecule has 0 radical (unpaired) electrons. The van der Waals surface area contributed by atoms with Gasteiger partial charge < -0.3 is 0 Å². The lowest BCUT2D eigenvalue weighted by molar-refractivity contribution is 1.28. The minimum absolute atomic E-state index is 0.850. The molecular formula is C8H5BrN2. The summed E-state index contributed by atoms with van der Waals surface area (Å²) in [6.07, 6.45) is 5.34. The number of nitrogens with zero attached hydrogens (tertiary/aromatic N) is 2. The minimum Gasteiger partial charge on any atom is -0.264 e. The summed E-state index contributed by atoms with van der Waals surface area (Å²) >= 11 is 3.35. The highest BCUT2D eigenvalue weighted by molar-refractivity contribution is 9.10. The van der Waals surface area contributed by atoms with E-state index < -0.39 is 0 Å². The van der Waals surface area contributed by atoms with E-state index in [0.29, 0.717) is 0 Å². The van der Waals surface area contributed by atoms with Crippen LogP contribution < -0.4 is 0 Å². The second kappa shape index (κ2) is 2.58. The third-order valence-electron chi connectivity index (χ3n) is 1.52. The smallest absolute Gasteiger partial charge is 0.115 e. The van der Waals surface area contributed by atoms with Crippen LogP contribution in [-0.4, -0.2) is 9.97 Å². The second-order valence-electron chi connectivity index (χ2n) is 2.20. The number of hydrogen-bond donors (Lipinski definition) is 0. The van der Waals surface area contributed by atoms with E-state index in [2.05, 4.69) is 25.9 Å². The number of pyridine rings is 2. The fraction of sp³-hybridized carbons (Fsp3) is 0. The molecule has 0 aromatic carbocycles. The van der Waals surface area contributed by atoms with Crippen LogP contribution in [0.25, 0.3) is 10.8 Å². The number of halogens is 1. The Hall–Kier alpha value is -0.960. The Morgan fingerprint density at radius 3 is 2.82 bits per heavy atom. The maximum atomic E-state index is 4.08. The maximum Gasteiger partial charge on any atom is 0.115 e. The predicted molar refractivity (Wildman–Crippen MR) is 47.2 cm³/mol. The standard InChI is InChI=1S/C8H5BrN2/c9-8-7-5-10-3-1-6(7)2-4-11-8/h1-5H. The SMILES string of the molecule is Brc1nccc2ccncc12. The molecule has 2 nitrogen and oxygen atoms in total. The van der Waals surface area contributed by atoms with E-state index >= 15 is 0 Å². The lowest BCUT2D eigenvalue weighted by Crippen LogP contribution is -1.79. The number of fused-ring (bicyclic) bond motifs is 1. The van der Waals surface area contributed by atoms with E-state index in [9.17, 15) is 0 Å². The average Bonchev–Trinajstić information content (AvgIpc) is 2.06. The zero-order chi connectivity index (χ0) is 7.68. The van der Waals surface area contributed by atoms with Gasteiger partial charge in [-0.05, 0) is 33.4 Å². The van der Waals surface area contributed by atoms with Crippen LogP contribution in [0.3, 0.4) is 0 Å². The van der Waals surface area contributed by atoms with Gasteiger partial charge in [-0.15, -0.1) is 0 Å². The molecule has 0 saturated heterocycles. The Bertz CT molecular complexity index is 381. The highest BCUT2D eigenvalue weighted by Gasteiger charge is 1.95. The van der Waals surface area contributed by atoms with Crippen molar-refractivity contribution in [2.75, 3.05) is 0 Å². The van der Waals surface area contributed by atoms with Crippen LogP contribution in [0.4, 0.5) is 0 Å². The molecule has 0 N–H and O–H groups in total. The fourth-order valence-corrected chi connectivity index (χ4v) is 1.42. The van der Waals surface area contributed by atoms with Crippen molar-refractivity contribution in [2.45, 2.75) is 0 Å². The largest absolute Gasteiger partial charge is 0.264 e. The summed E-state index contributed by atoms with van der Waals surface area (Å²) in [6.45, 7) is 0. The van der Waals surface area contributed by atoms with E-state index in [-0.39, 0.29) is 0 Å². The van der Waals surface area contributed by atoms with E-state index in [1.54, 1.807) is 18.6 Å². The molecule has 0 saturated carbocycles. The second-order valence-corrected chi connectivity index (χ2v) is 2.95.